The number of benzene rings is 3. The first-order chi connectivity index (χ1) is 21.7. The molecule has 3 aromatic rings. The molecule has 0 bridgehead atoms. The quantitative estimate of drug-likeness (QED) is 0.233. The molecule has 0 saturated carbocycles. The van der Waals surface area contributed by atoms with E-state index >= 15 is 0 Å². The van der Waals surface area contributed by atoms with Crippen LogP contribution in [0.15, 0.2) is 100 Å². The maximum atomic E-state index is 14.3. The highest BCUT2D eigenvalue weighted by Gasteiger charge is 2.50. The third-order valence-corrected chi connectivity index (χ3v) is 10.8. The lowest BCUT2D eigenvalue weighted by atomic mass is 9.63. The van der Waals surface area contributed by atoms with Crippen LogP contribution in [0.3, 0.4) is 0 Å². The average Bonchev–Trinajstić information content (AvgIpc) is 2.97. The Kier molecular flexibility index (Phi) is 8.49. The first-order valence-electron chi connectivity index (χ1n) is 15.5. The van der Waals surface area contributed by atoms with E-state index in [2.05, 4.69) is 44.7 Å². The number of hydrogen-bond acceptors (Lipinski definition) is 6. The average molecular weight is 679 g/mol. The van der Waals surface area contributed by atoms with Crippen LogP contribution in [-0.2, 0) is 26.1 Å². The van der Waals surface area contributed by atoms with E-state index in [-0.39, 0.29) is 55.9 Å². The van der Waals surface area contributed by atoms with Crippen LogP contribution in [-0.4, -0.2) is 31.4 Å². The minimum atomic E-state index is -4.32. The molecule has 0 N–H and O–H groups in total. The number of carbonyl (C=O) groups excluding carboxylic acids is 2. The summed E-state index contributed by atoms with van der Waals surface area (Å²) in [7, 11) is -4.32. The van der Waals surface area contributed by atoms with Gasteiger partial charge in [-0.05, 0) is 59.9 Å². The molecule has 1 aliphatic heterocycles. The molecule has 0 atom stereocenters. The van der Waals surface area contributed by atoms with Gasteiger partial charge in [0, 0.05) is 58.4 Å². The molecule has 0 fully saturated rings. The standard InChI is InChI=1S/C37H37Cl2NO5S/c1-36(2)19-28-33(30(41)21-36)32(26-17-24(38)18-27(39)35(26)45-46(43,44)25-13-9-6-10-14-25)34-29(20-37(3,4)22-31(34)42)40(28)16-15-23-11-7-5-8-12-23/h5-14,17-18,32H,15-16,19-22H2,1-4H3. The van der Waals surface area contributed by atoms with Gasteiger partial charge in [0.25, 0.3) is 0 Å². The number of hydrogen-bond donors (Lipinski definition) is 0. The van der Waals surface area contributed by atoms with Crippen molar-refractivity contribution in [3.63, 3.8) is 0 Å². The topological polar surface area (TPSA) is 80.8 Å². The fourth-order valence-electron chi connectivity index (χ4n) is 7.14. The molecule has 46 heavy (non-hydrogen) atoms. The SMILES string of the molecule is CC1(C)CC(=O)C2=C(C1)N(CCc1ccccc1)C1=C(C(=O)CC(C)(C)C1)C2c1cc(Cl)cc(Cl)c1OS(=O)(=O)c1ccccc1. The van der Waals surface area contributed by atoms with Crippen LogP contribution >= 0.6 is 23.2 Å². The van der Waals surface area contributed by atoms with Crippen molar-refractivity contribution >= 4 is 44.9 Å². The fourth-order valence-corrected chi connectivity index (χ4v) is 8.73. The Morgan fingerprint density at radius 2 is 1.30 bits per heavy atom. The Labute approximate surface area is 281 Å². The Bertz CT molecular complexity index is 1840. The van der Waals surface area contributed by atoms with E-state index in [1.807, 2.05) is 18.2 Å². The number of Topliss-reactive ketones (excluding diaryl/α,β-unsaturated/α-hetero) is 2. The van der Waals surface area contributed by atoms with E-state index < -0.39 is 16.0 Å². The number of allylic oxidation sites excluding steroid dienone is 4. The van der Waals surface area contributed by atoms with Crippen LogP contribution in [0.1, 0.15) is 70.4 Å². The number of ketones is 2. The van der Waals surface area contributed by atoms with E-state index in [0.717, 1.165) is 23.4 Å². The summed E-state index contributed by atoms with van der Waals surface area (Å²) in [6.45, 7) is 8.90. The lowest BCUT2D eigenvalue weighted by Gasteiger charge is -2.49. The molecule has 6 rings (SSSR count). The van der Waals surface area contributed by atoms with Gasteiger partial charge in [0.1, 0.15) is 4.90 Å². The van der Waals surface area contributed by atoms with Gasteiger partial charge < -0.3 is 9.08 Å². The number of halogens is 2. The van der Waals surface area contributed by atoms with E-state index in [1.165, 1.54) is 18.2 Å². The van der Waals surface area contributed by atoms with Gasteiger partial charge in [0.2, 0.25) is 0 Å². The summed E-state index contributed by atoms with van der Waals surface area (Å²) in [5.41, 5.74) is 3.50. The van der Waals surface area contributed by atoms with Crippen molar-refractivity contribution in [1.82, 2.24) is 4.90 Å². The molecule has 1 heterocycles. The molecule has 9 heteroatoms. The second-order valence-corrected chi connectivity index (χ2v) is 16.5. The Morgan fingerprint density at radius 1 is 0.783 bits per heavy atom. The van der Waals surface area contributed by atoms with Gasteiger partial charge >= 0.3 is 10.1 Å². The van der Waals surface area contributed by atoms with Crippen LogP contribution in [0.2, 0.25) is 10.0 Å². The molecule has 3 aliphatic rings. The third-order valence-electron chi connectivity index (χ3n) is 9.06. The molecular weight excluding hydrogens is 641 g/mol. The zero-order valence-electron chi connectivity index (χ0n) is 26.4. The Morgan fingerprint density at radius 3 is 1.85 bits per heavy atom. The zero-order chi connectivity index (χ0) is 33.0. The normalized spacial score (nSPS) is 19.7. The molecule has 0 spiro atoms. The van der Waals surface area contributed by atoms with E-state index in [4.69, 9.17) is 27.4 Å². The molecule has 0 unspecified atom stereocenters. The summed E-state index contributed by atoms with van der Waals surface area (Å²) in [6, 6.07) is 20.9. The van der Waals surface area contributed by atoms with Crippen molar-refractivity contribution in [2.24, 2.45) is 10.8 Å². The van der Waals surface area contributed by atoms with Crippen molar-refractivity contribution in [3.05, 3.63) is 117 Å². The molecule has 2 aliphatic carbocycles. The summed E-state index contributed by atoms with van der Waals surface area (Å²) in [5, 5.41) is 0.220. The highest BCUT2D eigenvalue weighted by molar-refractivity contribution is 7.87. The van der Waals surface area contributed by atoms with Gasteiger partial charge in [0.05, 0.1) is 5.02 Å². The highest BCUT2D eigenvalue weighted by Crippen LogP contribution is 2.56. The summed E-state index contributed by atoms with van der Waals surface area (Å²) in [5.74, 6) is -1.19. The van der Waals surface area contributed by atoms with Crippen molar-refractivity contribution in [2.75, 3.05) is 6.54 Å². The van der Waals surface area contributed by atoms with E-state index in [9.17, 15) is 18.0 Å². The number of nitrogens with zero attached hydrogens (tertiary/aromatic N) is 1. The molecular formula is C37H37Cl2NO5S. The number of carbonyl (C=O) groups is 2. The summed E-state index contributed by atoms with van der Waals surface area (Å²) in [6.07, 6.45) is 2.50. The second kappa shape index (κ2) is 12.0. The predicted octanol–water partition coefficient (Wildman–Crippen LogP) is 8.69. The van der Waals surface area contributed by atoms with Crippen molar-refractivity contribution in [2.45, 2.75) is 70.6 Å². The van der Waals surface area contributed by atoms with Crippen LogP contribution in [0.4, 0.5) is 0 Å². The molecule has 0 aromatic heterocycles. The Hall–Kier alpha value is -3.39. The maximum Gasteiger partial charge on any atom is 0.339 e. The molecule has 6 nitrogen and oxygen atoms in total. The molecule has 240 valence electrons. The lowest BCUT2D eigenvalue weighted by molar-refractivity contribution is -0.119. The minimum absolute atomic E-state index is 0.0232. The van der Waals surface area contributed by atoms with Crippen LogP contribution in [0.25, 0.3) is 0 Å². The third kappa shape index (κ3) is 6.29. The van der Waals surface area contributed by atoms with Gasteiger partial charge in [-0.1, -0.05) is 99.4 Å². The fraction of sp³-hybridized carbons (Fsp3) is 0.351. The first kappa shape index (κ1) is 32.5. The first-order valence-corrected chi connectivity index (χ1v) is 17.6. The van der Waals surface area contributed by atoms with Gasteiger partial charge in [-0.3, -0.25) is 9.59 Å². The van der Waals surface area contributed by atoms with Crippen molar-refractivity contribution in [1.29, 1.82) is 0 Å². The minimum Gasteiger partial charge on any atom is -0.377 e. The van der Waals surface area contributed by atoms with Gasteiger partial charge in [-0.2, -0.15) is 8.42 Å². The summed E-state index contributed by atoms with van der Waals surface area (Å²) < 4.78 is 32.9. The predicted molar refractivity (Wildman–Crippen MR) is 180 cm³/mol. The van der Waals surface area contributed by atoms with Gasteiger partial charge in [-0.15, -0.1) is 0 Å². The van der Waals surface area contributed by atoms with Gasteiger partial charge in [0.15, 0.2) is 17.3 Å². The van der Waals surface area contributed by atoms with Crippen LogP contribution in [0, 0.1) is 10.8 Å². The highest BCUT2D eigenvalue weighted by atomic mass is 35.5. The van der Waals surface area contributed by atoms with E-state index in [1.54, 1.807) is 24.3 Å². The summed E-state index contributed by atoms with van der Waals surface area (Å²) in [4.78, 5) is 30.8. The largest absolute Gasteiger partial charge is 0.377 e. The Balaban J connectivity index is 1.58. The molecule has 0 amide bonds. The van der Waals surface area contributed by atoms with Crippen LogP contribution < -0.4 is 4.18 Å². The van der Waals surface area contributed by atoms with Crippen LogP contribution in [0.5, 0.6) is 5.75 Å². The molecule has 0 radical (unpaired) electrons. The molecule has 3 aromatic carbocycles. The lowest BCUT2D eigenvalue weighted by Crippen LogP contribution is -2.45. The van der Waals surface area contributed by atoms with Crippen molar-refractivity contribution in [3.8, 4) is 5.75 Å². The van der Waals surface area contributed by atoms with E-state index in [0.29, 0.717) is 36.1 Å². The smallest absolute Gasteiger partial charge is 0.339 e. The van der Waals surface area contributed by atoms with Gasteiger partial charge in [-0.25, -0.2) is 0 Å². The monoisotopic (exact) mass is 677 g/mol. The van der Waals surface area contributed by atoms with Crippen molar-refractivity contribution < 1.29 is 22.2 Å². The number of rotatable bonds is 7. The zero-order valence-corrected chi connectivity index (χ0v) is 28.7. The molecule has 0 saturated heterocycles. The second-order valence-electron chi connectivity index (χ2n) is 14.1. The summed E-state index contributed by atoms with van der Waals surface area (Å²) >= 11 is 13.3. The maximum absolute atomic E-state index is 14.3.